The molecule has 5 heteroatoms. The SMILES string of the molecule is CCNC(=O)[C@H](Cc1ccccc1)N(Cc1cccc(Br)c1)C(=O)CCc1cccc2ccccc12. The van der Waals surface area contributed by atoms with Crippen LogP contribution >= 0.6 is 15.9 Å². The zero-order valence-electron chi connectivity index (χ0n) is 20.5. The fourth-order valence-electron chi connectivity index (χ4n) is 4.57. The van der Waals surface area contributed by atoms with Gasteiger partial charge in [0.05, 0.1) is 0 Å². The van der Waals surface area contributed by atoms with Crippen molar-refractivity contribution in [3.63, 3.8) is 0 Å². The highest BCUT2D eigenvalue weighted by Crippen LogP contribution is 2.22. The molecule has 184 valence electrons. The second-order valence-corrected chi connectivity index (χ2v) is 9.81. The Hall–Kier alpha value is -3.44. The normalized spacial score (nSPS) is 11.7. The van der Waals surface area contributed by atoms with Crippen LogP contribution in [0.25, 0.3) is 10.8 Å². The standard InChI is InChI=1S/C31H31BrN2O2/c1-2-33-31(36)29(21-23-10-4-3-5-11-23)34(22-24-12-8-16-27(32)20-24)30(35)19-18-26-15-9-14-25-13-6-7-17-28(25)26/h3-17,20,29H,2,18-19,21-22H2,1H3,(H,33,36)/t29-/m0/s1. The monoisotopic (exact) mass is 542 g/mol. The summed E-state index contributed by atoms with van der Waals surface area (Å²) in [5, 5.41) is 5.28. The third kappa shape index (κ3) is 6.61. The van der Waals surface area contributed by atoms with Gasteiger partial charge in [-0.1, -0.05) is 101 Å². The van der Waals surface area contributed by atoms with Crippen molar-refractivity contribution in [1.29, 1.82) is 0 Å². The van der Waals surface area contributed by atoms with Crippen LogP contribution in [0.15, 0.2) is 102 Å². The molecule has 36 heavy (non-hydrogen) atoms. The van der Waals surface area contributed by atoms with Crippen molar-refractivity contribution in [2.24, 2.45) is 0 Å². The number of likely N-dealkylation sites (N-methyl/N-ethyl adjacent to an activating group) is 1. The summed E-state index contributed by atoms with van der Waals surface area (Å²) in [7, 11) is 0. The molecule has 4 nitrogen and oxygen atoms in total. The Labute approximate surface area is 221 Å². The van der Waals surface area contributed by atoms with Crippen molar-refractivity contribution in [1.82, 2.24) is 10.2 Å². The first-order chi connectivity index (χ1) is 17.5. The van der Waals surface area contributed by atoms with Crippen LogP contribution in [0.2, 0.25) is 0 Å². The first-order valence-electron chi connectivity index (χ1n) is 12.4. The third-order valence-corrected chi connectivity index (χ3v) is 6.85. The first kappa shape index (κ1) is 25.6. The molecule has 0 aliphatic rings. The van der Waals surface area contributed by atoms with Crippen molar-refractivity contribution < 1.29 is 9.59 Å². The minimum atomic E-state index is -0.605. The molecule has 0 spiro atoms. The smallest absolute Gasteiger partial charge is 0.243 e. The van der Waals surface area contributed by atoms with Gasteiger partial charge in [-0.25, -0.2) is 0 Å². The second-order valence-electron chi connectivity index (χ2n) is 8.89. The summed E-state index contributed by atoms with van der Waals surface area (Å²) in [6.07, 6.45) is 1.40. The minimum Gasteiger partial charge on any atom is -0.355 e. The van der Waals surface area contributed by atoms with Gasteiger partial charge in [0, 0.05) is 30.4 Å². The maximum absolute atomic E-state index is 13.8. The zero-order valence-corrected chi connectivity index (χ0v) is 22.1. The number of hydrogen-bond donors (Lipinski definition) is 1. The van der Waals surface area contributed by atoms with Crippen molar-refractivity contribution in [3.8, 4) is 0 Å². The molecule has 0 saturated carbocycles. The van der Waals surface area contributed by atoms with Crippen molar-refractivity contribution in [2.45, 2.75) is 38.8 Å². The summed E-state index contributed by atoms with van der Waals surface area (Å²) in [6, 6.07) is 31.6. The Morgan fingerprint density at radius 3 is 2.33 bits per heavy atom. The number of hydrogen-bond acceptors (Lipinski definition) is 2. The number of rotatable bonds is 10. The molecule has 0 heterocycles. The maximum atomic E-state index is 13.8. The molecule has 4 aromatic rings. The topological polar surface area (TPSA) is 49.4 Å². The van der Waals surface area contributed by atoms with Gasteiger partial charge in [-0.2, -0.15) is 0 Å². The molecule has 0 aliphatic heterocycles. The fourth-order valence-corrected chi connectivity index (χ4v) is 5.02. The van der Waals surface area contributed by atoms with E-state index < -0.39 is 6.04 Å². The second kappa shape index (κ2) is 12.5. The van der Waals surface area contributed by atoms with E-state index in [1.54, 1.807) is 4.90 Å². The van der Waals surface area contributed by atoms with E-state index >= 15 is 0 Å². The summed E-state index contributed by atoms with van der Waals surface area (Å²) in [6.45, 7) is 2.78. The lowest BCUT2D eigenvalue weighted by molar-refractivity contribution is -0.141. The Bertz CT molecular complexity index is 1320. The highest BCUT2D eigenvalue weighted by molar-refractivity contribution is 9.10. The lowest BCUT2D eigenvalue weighted by atomic mass is 9.99. The maximum Gasteiger partial charge on any atom is 0.243 e. The summed E-state index contributed by atoms with van der Waals surface area (Å²) in [4.78, 5) is 28.9. The number of benzene rings is 4. The number of aryl methyl sites for hydroxylation is 1. The van der Waals surface area contributed by atoms with Gasteiger partial charge >= 0.3 is 0 Å². The Morgan fingerprint density at radius 2 is 1.56 bits per heavy atom. The molecule has 0 aromatic heterocycles. The third-order valence-electron chi connectivity index (χ3n) is 6.35. The van der Waals surface area contributed by atoms with Gasteiger partial charge in [0.2, 0.25) is 11.8 Å². The first-order valence-corrected chi connectivity index (χ1v) is 13.2. The quantitative estimate of drug-likeness (QED) is 0.255. The van der Waals surface area contributed by atoms with Crippen LogP contribution in [0, 0.1) is 0 Å². The predicted molar refractivity (Wildman–Crippen MR) is 150 cm³/mol. The van der Waals surface area contributed by atoms with Gasteiger partial charge in [-0.15, -0.1) is 0 Å². The van der Waals surface area contributed by atoms with Gasteiger partial charge < -0.3 is 10.2 Å². The molecule has 0 saturated heterocycles. The summed E-state index contributed by atoms with van der Waals surface area (Å²) in [5.41, 5.74) is 3.14. The van der Waals surface area contributed by atoms with Gasteiger partial charge in [0.1, 0.15) is 6.04 Å². The highest BCUT2D eigenvalue weighted by atomic mass is 79.9. The molecule has 4 rings (SSSR count). The highest BCUT2D eigenvalue weighted by Gasteiger charge is 2.30. The van der Waals surface area contributed by atoms with Crippen LogP contribution in [0.5, 0.6) is 0 Å². The molecule has 4 aromatic carbocycles. The molecule has 1 N–H and O–H groups in total. The van der Waals surface area contributed by atoms with Gasteiger partial charge in [-0.3, -0.25) is 9.59 Å². The lowest BCUT2D eigenvalue weighted by Gasteiger charge is -2.31. The van der Waals surface area contributed by atoms with Crippen molar-refractivity contribution >= 4 is 38.5 Å². The molecule has 0 aliphatic carbocycles. The Morgan fingerprint density at radius 1 is 0.861 bits per heavy atom. The molecule has 0 radical (unpaired) electrons. The molecule has 0 unspecified atom stereocenters. The average Bonchev–Trinajstić information content (AvgIpc) is 2.90. The Balaban J connectivity index is 1.63. The van der Waals surface area contributed by atoms with E-state index in [1.807, 2.05) is 79.7 Å². The zero-order chi connectivity index (χ0) is 25.3. The van der Waals surface area contributed by atoms with Gasteiger partial charge in [0.25, 0.3) is 0 Å². The summed E-state index contributed by atoms with van der Waals surface area (Å²) >= 11 is 3.54. The van der Waals surface area contributed by atoms with E-state index in [2.05, 4.69) is 45.5 Å². The lowest BCUT2D eigenvalue weighted by Crippen LogP contribution is -2.50. The number of fused-ring (bicyclic) bond motifs is 1. The fraction of sp³-hybridized carbons (Fsp3) is 0.226. The number of amides is 2. The van der Waals surface area contributed by atoms with E-state index in [9.17, 15) is 9.59 Å². The van der Waals surface area contributed by atoms with E-state index in [4.69, 9.17) is 0 Å². The molecule has 1 atom stereocenters. The molecule has 2 amide bonds. The van der Waals surface area contributed by atoms with Crippen molar-refractivity contribution in [3.05, 3.63) is 118 Å². The van der Waals surface area contributed by atoms with E-state index in [1.165, 1.54) is 0 Å². The van der Waals surface area contributed by atoms with Gasteiger partial charge in [-0.05, 0) is 52.9 Å². The molecular formula is C31H31BrN2O2. The van der Waals surface area contributed by atoms with Crippen LogP contribution in [-0.2, 0) is 29.0 Å². The summed E-state index contributed by atoms with van der Waals surface area (Å²) in [5.74, 6) is -0.162. The number of carbonyl (C=O) groups excluding carboxylic acids is 2. The number of halogens is 1. The van der Waals surface area contributed by atoms with E-state index in [-0.39, 0.29) is 11.8 Å². The molecular weight excluding hydrogens is 512 g/mol. The van der Waals surface area contributed by atoms with Crippen LogP contribution in [-0.4, -0.2) is 29.3 Å². The molecule has 0 bridgehead atoms. The van der Waals surface area contributed by atoms with E-state index in [0.29, 0.717) is 32.4 Å². The van der Waals surface area contributed by atoms with Crippen LogP contribution in [0.4, 0.5) is 0 Å². The largest absolute Gasteiger partial charge is 0.355 e. The molecule has 0 fully saturated rings. The Kier molecular flexibility index (Phi) is 8.90. The van der Waals surface area contributed by atoms with Crippen LogP contribution in [0.1, 0.15) is 30.0 Å². The van der Waals surface area contributed by atoms with Gasteiger partial charge in [0.15, 0.2) is 0 Å². The van der Waals surface area contributed by atoms with Crippen molar-refractivity contribution in [2.75, 3.05) is 6.54 Å². The number of nitrogens with one attached hydrogen (secondary N) is 1. The predicted octanol–water partition coefficient (Wildman–Crippen LogP) is 6.31. The number of nitrogens with zero attached hydrogens (tertiary/aromatic N) is 1. The summed E-state index contributed by atoms with van der Waals surface area (Å²) < 4.78 is 0.945. The van der Waals surface area contributed by atoms with Crippen LogP contribution < -0.4 is 5.32 Å². The van der Waals surface area contributed by atoms with E-state index in [0.717, 1.165) is 31.9 Å². The minimum absolute atomic E-state index is 0.0323. The number of carbonyl (C=O) groups is 2. The average molecular weight is 544 g/mol. The van der Waals surface area contributed by atoms with Crippen LogP contribution in [0.3, 0.4) is 0 Å².